The van der Waals surface area contributed by atoms with Crippen LogP contribution in [-0.4, -0.2) is 39.1 Å². The van der Waals surface area contributed by atoms with Crippen LogP contribution in [0.1, 0.15) is 44.5 Å². The molecule has 3 rings (SSSR count). The molecule has 1 N–H and O–H groups in total. The van der Waals surface area contributed by atoms with E-state index in [2.05, 4.69) is 22.1 Å². The summed E-state index contributed by atoms with van der Waals surface area (Å²) < 4.78 is 0. The summed E-state index contributed by atoms with van der Waals surface area (Å²) in [6.45, 7) is 7.63. The first-order valence-electron chi connectivity index (χ1n) is 7.76. The van der Waals surface area contributed by atoms with Gasteiger partial charge in [0.1, 0.15) is 4.88 Å². The van der Waals surface area contributed by atoms with E-state index in [0.29, 0.717) is 5.92 Å². The van der Waals surface area contributed by atoms with Gasteiger partial charge in [-0.15, -0.1) is 11.3 Å². The van der Waals surface area contributed by atoms with Gasteiger partial charge in [0.15, 0.2) is 0 Å². The summed E-state index contributed by atoms with van der Waals surface area (Å²) in [4.78, 5) is 19.9. The third-order valence-corrected chi connectivity index (χ3v) is 5.39. The average Bonchev–Trinajstić information content (AvgIpc) is 3.04. The molecule has 2 aromatic rings. The number of aromatic nitrogens is 3. The van der Waals surface area contributed by atoms with Crippen molar-refractivity contribution in [2.24, 2.45) is 5.92 Å². The molecule has 1 atom stereocenters. The highest BCUT2D eigenvalue weighted by molar-refractivity contribution is 7.13. The summed E-state index contributed by atoms with van der Waals surface area (Å²) in [6, 6.07) is 0. The minimum Gasteiger partial charge on any atom is -0.338 e. The third kappa shape index (κ3) is 3.06. The van der Waals surface area contributed by atoms with Gasteiger partial charge in [0, 0.05) is 18.8 Å². The van der Waals surface area contributed by atoms with Crippen LogP contribution in [0.5, 0.6) is 0 Å². The molecule has 5 nitrogen and oxygen atoms in total. The molecule has 1 saturated heterocycles. The van der Waals surface area contributed by atoms with Gasteiger partial charge >= 0.3 is 0 Å². The maximum Gasteiger partial charge on any atom is 0.265 e. The van der Waals surface area contributed by atoms with Gasteiger partial charge in [-0.1, -0.05) is 0 Å². The monoisotopic (exact) mass is 318 g/mol. The number of piperidine rings is 1. The van der Waals surface area contributed by atoms with Crippen LogP contribution in [-0.2, 0) is 6.42 Å². The Labute approximate surface area is 134 Å². The van der Waals surface area contributed by atoms with Gasteiger partial charge in [-0.05, 0) is 51.5 Å². The van der Waals surface area contributed by atoms with Crippen LogP contribution in [0.4, 0.5) is 0 Å². The normalized spacial score (nSPS) is 18.7. The number of nitrogens with one attached hydrogen (secondary N) is 1. The summed E-state index contributed by atoms with van der Waals surface area (Å²) in [6.07, 6.45) is 5.07. The van der Waals surface area contributed by atoms with E-state index in [4.69, 9.17) is 0 Å². The molecular weight excluding hydrogens is 296 g/mol. The van der Waals surface area contributed by atoms with Crippen molar-refractivity contribution >= 4 is 17.2 Å². The number of likely N-dealkylation sites (tertiary alicyclic amines) is 1. The lowest BCUT2D eigenvalue weighted by Crippen LogP contribution is -2.40. The molecule has 0 bridgehead atoms. The van der Waals surface area contributed by atoms with Crippen molar-refractivity contribution in [3.8, 4) is 0 Å². The minimum atomic E-state index is 0.147. The zero-order valence-electron chi connectivity index (χ0n) is 13.3. The number of carbonyl (C=O) groups is 1. The van der Waals surface area contributed by atoms with Crippen molar-refractivity contribution in [3.63, 3.8) is 0 Å². The van der Waals surface area contributed by atoms with Crippen molar-refractivity contribution in [2.45, 2.75) is 40.0 Å². The zero-order valence-corrected chi connectivity index (χ0v) is 14.2. The van der Waals surface area contributed by atoms with Crippen molar-refractivity contribution in [1.29, 1.82) is 0 Å². The molecule has 0 saturated carbocycles. The summed E-state index contributed by atoms with van der Waals surface area (Å²) in [7, 11) is 0. The predicted molar refractivity (Wildman–Crippen MR) is 87.2 cm³/mol. The fourth-order valence-electron chi connectivity index (χ4n) is 3.16. The third-order valence-electron chi connectivity index (χ3n) is 4.33. The second-order valence-corrected chi connectivity index (χ2v) is 7.35. The molecule has 1 unspecified atom stereocenters. The van der Waals surface area contributed by atoms with Gasteiger partial charge < -0.3 is 4.90 Å². The van der Waals surface area contributed by atoms with Crippen molar-refractivity contribution < 1.29 is 4.79 Å². The largest absolute Gasteiger partial charge is 0.338 e. The van der Waals surface area contributed by atoms with Crippen LogP contribution in [0.25, 0.3) is 0 Å². The van der Waals surface area contributed by atoms with E-state index in [0.717, 1.165) is 41.5 Å². The first kappa shape index (κ1) is 15.2. The van der Waals surface area contributed by atoms with Crippen LogP contribution in [0.15, 0.2) is 6.20 Å². The number of thiazole rings is 1. The summed E-state index contributed by atoms with van der Waals surface area (Å²) in [5, 5.41) is 8.13. The van der Waals surface area contributed by atoms with Crippen LogP contribution in [0.2, 0.25) is 0 Å². The summed E-state index contributed by atoms with van der Waals surface area (Å²) in [5.74, 6) is 0.653. The van der Waals surface area contributed by atoms with Gasteiger partial charge in [-0.2, -0.15) is 5.10 Å². The first-order chi connectivity index (χ1) is 10.5. The van der Waals surface area contributed by atoms with Crippen molar-refractivity contribution in [1.82, 2.24) is 20.1 Å². The van der Waals surface area contributed by atoms with Gasteiger partial charge in [0.25, 0.3) is 5.91 Å². The highest BCUT2D eigenvalue weighted by atomic mass is 32.1. The number of rotatable bonds is 3. The number of carbonyl (C=O) groups excluding carboxylic acids is 1. The van der Waals surface area contributed by atoms with Crippen LogP contribution in [0, 0.1) is 26.7 Å². The number of aryl methyl sites for hydroxylation is 3. The molecule has 1 aliphatic rings. The van der Waals surface area contributed by atoms with Gasteiger partial charge in [-0.25, -0.2) is 4.98 Å². The fourth-order valence-corrected chi connectivity index (χ4v) is 4.05. The van der Waals surface area contributed by atoms with Crippen LogP contribution in [0.3, 0.4) is 0 Å². The highest BCUT2D eigenvalue weighted by Crippen LogP contribution is 2.25. The number of amides is 1. The topological polar surface area (TPSA) is 61.9 Å². The Kier molecular flexibility index (Phi) is 4.29. The van der Waals surface area contributed by atoms with E-state index in [1.165, 1.54) is 29.0 Å². The molecule has 3 heterocycles. The number of aromatic amines is 1. The van der Waals surface area contributed by atoms with E-state index in [1.807, 2.05) is 24.9 Å². The second kappa shape index (κ2) is 6.20. The lowest BCUT2D eigenvalue weighted by molar-refractivity contribution is 0.0676. The smallest absolute Gasteiger partial charge is 0.265 e. The lowest BCUT2D eigenvalue weighted by atomic mass is 9.92. The summed E-state index contributed by atoms with van der Waals surface area (Å²) >= 11 is 1.51. The average molecular weight is 318 g/mol. The van der Waals surface area contributed by atoms with Gasteiger partial charge in [0.2, 0.25) is 0 Å². The molecule has 0 aromatic carbocycles. The molecule has 0 radical (unpaired) electrons. The number of nitrogens with zero attached hydrogens (tertiary/aromatic N) is 3. The molecule has 1 fully saturated rings. The Morgan fingerprint density at radius 3 is 2.91 bits per heavy atom. The molecule has 22 heavy (non-hydrogen) atoms. The van der Waals surface area contributed by atoms with Gasteiger partial charge in [0.05, 0.1) is 16.9 Å². The molecule has 2 aromatic heterocycles. The minimum absolute atomic E-state index is 0.147. The molecule has 118 valence electrons. The Morgan fingerprint density at radius 2 is 2.27 bits per heavy atom. The second-order valence-electron chi connectivity index (χ2n) is 6.14. The predicted octanol–water partition coefficient (Wildman–Crippen LogP) is 2.89. The maximum atomic E-state index is 12.7. The SMILES string of the molecule is Cc1nc(C)c(C(=O)N2CCCC(Cc3[nH]ncc3C)C2)s1. The quantitative estimate of drug-likeness (QED) is 0.946. The lowest BCUT2D eigenvalue weighted by Gasteiger charge is -2.32. The Hall–Kier alpha value is -1.69. The Morgan fingerprint density at radius 1 is 1.45 bits per heavy atom. The Balaban J connectivity index is 1.69. The maximum absolute atomic E-state index is 12.7. The summed E-state index contributed by atoms with van der Waals surface area (Å²) in [5.41, 5.74) is 3.26. The van der Waals surface area contributed by atoms with Crippen molar-refractivity contribution in [3.05, 3.63) is 33.0 Å². The van der Waals surface area contributed by atoms with E-state index < -0.39 is 0 Å². The van der Waals surface area contributed by atoms with Gasteiger partial charge in [-0.3, -0.25) is 9.89 Å². The molecular formula is C16H22N4OS. The molecule has 0 aliphatic carbocycles. The highest BCUT2D eigenvalue weighted by Gasteiger charge is 2.27. The number of hydrogen-bond acceptors (Lipinski definition) is 4. The first-order valence-corrected chi connectivity index (χ1v) is 8.58. The zero-order chi connectivity index (χ0) is 15.7. The molecule has 1 aliphatic heterocycles. The van der Waals surface area contributed by atoms with Crippen molar-refractivity contribution in [2.75, 3.05) is 13.1 Å². The number of hydrogen-bond donors (Lipinski definition) is 1. The molecule has 6 heteroatoms. The number of H-pyrrole nitrogens is 1. The van der Waals surface area contributed by atoms with E-state index in [9.17, 15) is 4.79 Å². The fraction of sp³-hybridized carbons (Fsp3) is 0.562. The van der Waals surface area contributed by atoms with Crippen LogP contribution >= 0.6 is 11.3 Å². The van der Waals surface area contributed by atoms with E-state index >= 15 is 0 Å². The standard InChI is InChI=1S/C16H22N4OS/c1-10-8-17-19-14(10)7-13-5-4-6-20(9-13)16(21)15-11(2)18-12(3)22-15/h8,13H,4-7,9H2,1-3H3,(H,17,19). The van der Waals surface area contributed by atoms with E-state index in [-0.39, 0.29) is 5.91 Å². The van der Waals surface area contributed by atoms with E-state index in [1.54, 1.807) is 0 Å². The van der Waals surface area contributed by atoms with Crippen LogP contribution < -0.4 is 0 Å². The Bertz CT molecular complexity index is 675. The molecule has 0 spiro atoms. The molecule has 1 amide bonds.